The Kier molecular flexibility index (Phi) is 4.96. The molecule has 1 heterocycles. The van der Waals surface area contributed by atoms with Gasteiger partial charge >= 0.3 is 0 Å². The molecule has 4 nitrogen and oxygen atoms in total. The molecule has 5 heteroatoms. The summed E-state index contributed by atoms with van der Waals surface area (Å²) in [7, 11) is 0. The molecule has 0 unspecified atom stereocenters. The SMILES string of the molecule is CC(=O)Nc1ccc(CCNc2ccnc(Cl)c2)cc1. The quantitative estimate of drug-likeness (QED) is 0.830. The van der Waals surface area contributed by atoms with E-state index in [0.717, 1.165) is 24.3 Å². The Bertz CT molecular complexity index is 584. The molecular formula is C15H16ClN3O. The van der Waals surface area contributed by atoms with E-state index >= 15 is 0 Å². The van der Waals surface area contributed by atoms with E-state index in [2.05, 4.69) is 15.6 Å². The first kappa shape index (κ1) is 14.3. The zero-order valence-electron chi connectivity index (χ0n) is 11.2. The Morgan fingerprint density at radius 1 is 1.20 bits per heavy atom. The van der Waals surface area contributed by atoms with Crippen LogP contribution in [-0.4, -0.2) is 17.4 Å². The van der Waals surface area contributed by atoms with Crippen molar-refractivity contribution in [3.63, 3.8) is 0 Å². The summed E-state index contributed by atoms with van der Waals surface area (Å²) in [6, 6.07) is 11.5. The highest BCUT2D eigenvalue weighted by Gasteiger charge is 1.98. The standard InChI is InChI=1S/C15H16ClN3O/c1-11(20)19-13-4-2-12(3-5-13)6-8-17-14-7-9-18-15(16)10-14/h2-5,7,9-10H,6,8H2,1H3,(H,17,18)(H,19,20). The molecule has 0 saturated carbocycles. The van der Waals surface area contributed by atoms with E-state index in [1.54, 1.807) is 12.3 Å². The Morgan fingerprint density at radius 3 is 2.60 bits per heavy atom. The van der Waals surface area contributed by atoms with Crippen molar-refractivity contribution in [2.75, 3.05) is 17.2 Å². The van der Waals surface area contributed by atoms with Gasteiger partial charge in [0, 0.05) is 31.0 Å². The normalized spacial score (nSPS) is 10.1. The van der Waals surface area contributed by atoms with Crippen molar-refractivity contribution in [2.45, 2.75) is 13.3 Å². The highest BCUT2D eigenvalue weighted by atomic mass is 35.5. The maximum absolute atomic E-state index is 10.9. The number of nitrogens with one attached hydrogen (secondary N) is 2. The van der Waals surface area contributed by atoms with Crippen LogP contribution in [0.15, 0.2) is 42.6 Å². The van der Waals surface area contributed by atoms with Gasteiger partial charge < -0.3 is 10.6 Å². The first-order valence-electron chi connectivity index (χ1n) is 6.35. The number of carbonyl (C=O) groups is 1. The molecule has 1 amide bonds. The molecule has 1 aromatic carbocycles. The number of benzene rings is 1. The summed E-state index contributed by atoms with van der Waals surface area (Å²) in [4.78, 5) is 14.8. The van der Waals surface area contributed by atoms with Crippen LogP contribution < -0.4 is 10.6 Å². The van der Waals surface area contributed by atoms with E-state index in [1.807, 2.05) is 30.3 Å². The predicted octanol–water partition coefficient (Wildman–Crippen LogP) is 3.35. The van der Waals surface area contributed by atoms with Crippen LogP contribution in [0.5, 0.6) is 0 Å². The van der Waals surface area contributed by atoms with Gasteiger partial charge in [0.1, 0.15) is 5.15 Å². The van der Waals surface area contributed by atoms with Crippen LogP contribution in [-0.2, 0) is 11.2 Å². The smallest absolute Gasteiger partial charge is 0.221 e. The second-order valence-corrected chi connectivity index (χ2v) is 4.81. The monoisotopic (exact) mass is 289 g/mol. The number of pyridine rings is 1. The van der Waals surface area contributed by atoms with E-state index < -0.39 is 0 Å². The third kappa shape index (κ3) is 4.55. The number of halogens is 1. The van der Waals surface area contributed by atoms with Gasteiger partial charge in [0.2, 0.25) is 5.91 Å². The summed E-state index contributed by atoms with van der Waals surface area (Å²) < 4.78 is 0. The fourth-order valence-electron chi connectivity index (χ4n) is 1.82. The van der Waals surface area contributed by atoms with Gasteiger partial charge in [0.15, 0.2) is 0 Å². The molecule has 0 saturated heterocycles. The van der Waals surface area contributed by atoms with E-state index in [4.69, 9.17) is 11.6 Å². The van der Waals surface area contributed by atoms with Crippen LogP contribution in [0.25, 0.3) is 0 Å². The summed E-state index contributed by atoms with van der Waals surface area (Å²) in [5.41, 5.74) is 2.97. The van der Waals surface area contributed by atoms with Crippen molar-refractivity contribution >= 4 is 28.9 Å². The van der Waals surface area contributed by atoms with Crippen LogP contribution in [0, 0.1) is 0 Å². The Labute approximate surface area is 123 Å². The van der Waals surface area contributed by atoms with E-state index in [-0.39, 0.29) is 5.91 Å². The van der Waals surface area contributed by atoms with Gasteiger partial charge in [0.05, 0.1) is 0 Å². The van der Waals surface area contributed by atoms with Crippen molar-refractivity contribution in [3.05, 3.63) is 53.3 Å². The average Bonchev–Trinajstić information content (AvgIpc) is 2.40. The summed E-state index contributed by atoms with van der Waals surface area (Å²) in [5.74, 6) is -0.0611. The largest absolute Gasteiger partial charge is 0.385 e. The topological polar surface area (TPSA) is 54.0 Å². The molecule has 0 fully saturated rings. The molecule has 0 aliphatic heterocycles. The molecule has 0 bridgehead atoms. The zero-order valence-corrected chi connectivity index (χ0v) is 11.9. The molecule has 20 heavy (non-hydrogen) atoms. The van der Waals surface area contributed by atoms with E-state index in [9.17, 15) is 4.79 Å². The number of nitrogens with zero attached hydrogens (tertiary/aromatic N) is 1. The Balaban J connectivity index is 1.83. The molecular weight excluding hydrogens is 274 g/mol. The first-order valence-corrected chi connectivity index (χ1v) is 6.73. The summed E-state index contributed by atoms with van der Waals surface area (Å²) in [5, 5.41) is 6.51. The Hall–Kier alpha value is -2.07. The summed E-state index contributed by atoms with van der Waals surface area (Å²) >= 11 is 5.81. The number of amides is 1. The van der Waals surface area contributed by atoms with Crippen LogP contribution in [0.2, 0.25) is 5.15 Å². The highest BCUT2D eigenvalue weighted by Crippen LogP contribution is 2.13. The van der Waals surface area contributed by atoms with E-state index in [1.165, 1.54) is 12.5 Å². The minimum atomic E-state index is -0.0611. The minimum absolute atomic E-state index is 0.0611. The van der Waals surface area contributed by atoms with Gasteiger partial charge in [-0.15, -0.1) is 0 Å². The van der Waals surface area contributed by atoms with Crippen molar-refractivity contribution in [3.8, 4) is 0 Å². The number of rotatable bonds is 5. The summed E-state index contributed by atoms with van der Waals surface area (Å²) in [6.07, 6.45) is 2.56. The van der Waals surface area contributed by atoms with Crippen molar-refractivity contribution in [1.82, 2.24) is 4.98 Å². The lowest BCUT2D eigenvalue weighted by atomic mass is 10.1. The fourth-order valence-corrected chi connectivity index (χ4v) is 2.00. The minimum Gasteiger partial charge on any atom is -0.385 e. The Morgan fingerprint density at radius 2 is 1.95 bits per heavy atom. The van der Waals surface area contributed by atoms with Gasteiger partial charge in [0.25, 0.3) is 0 Å². The molecule has 1 aromatic heterocycles. The zero-order chi connectivity index (χ0) is 14.4. The second kappa shape index (κ2) is 6.91. The number of hydrogen-bond donors (Lipinski definition) is 2. The van der Waals surface area contributed by atoms with Gasteiger partial charge in [-0.05, 0) is 36.2 Å². The lowest BCUT2D eigenvalue weighted by Crippen LogP contribution is -2.07. The van der Waals surface area contributed by atoms with Crippen LogP contribution in [0.4, 0.5) is 11.4 Å². The predicted molar refractivity (Wildman–Crippen MR) is 82.2 cm³/mol. The van der Waals surface area contributed by atoms with E-state index in [0.29, 0.717) is 5.15 Å². The molecule has 0 aliphatic carbocycles. The maximum Gasteiger partial charge on any atom is 0.221 e. The molecule has 2 aromatic rings. The fraction of sp³-hybridized carbons (Fsp3) is 0.200. The van der Waals surface area contributed by atoms with Gasteiger partial charge in [-0.25, -0.2) is 4.98 Å². The number of hydrogen-bond acceptors (Lipinski definition) is 3. The van der Waals surface area contributed by atoms with Crippen molar-refractivity contribution < 1.29 is 4.79 Å². The first-order chi connectivity index (χ1) is 9.63. The molecule has 0 aliphatic rings. The van der Waals surface area contributed by atoms with Gasteiger partial charge in [-0.3, -0.25) is 4.79 Å². The van der Waals surface area contributed by atoms with Gasteiger partial charge in [-0.1, -0.05) is 23.7 Å². The summed E-state index contributed by atoms with van der Waals surface area (Å²) in [6.45, 7) is 2.30. The lowest BCUT2D eigenvalue weighted by Gasteiger charge is -2.07. The number of anilines is 2. The molecule has 0 radical (unpaired) electrons. The van der Waals surface area contributed by atoms with Gasteiger partial charge in [-0.2, -0.15) is 0 Å². The van der Waals surface area contributed by atoms with Crippen molar-refractivity contribution in [1.29, 1.82) is 0 Å². The molecule has 2 rings (SSSR count). The van der Waals surface area contributed by atoms with Crippen LogP contribution in [0.3, 0.4) is 0 Å². The average molecular weight is 290 g/mol. The maximum atomic E-state index is 10.9. The second-order valence-electron chi connectivity index (χ2n) is 4.42. The molecule has 0 spiro atoms. The number of carbonyl (C=O) groups excluding carboxylic acids is 1. The molecule has 104 valence electrons. The lowest BCUT2D eigenvalue weighted by molar-refractivity contribution is -0.114. The van der Waals surface area contributed by atoms with Crippen LogP contribution >= 0.6 is 11.6 Å². The highest BCUT2D eigenvalue weighted by molar-refractivity contribution is 6.29. The third-order valence-corrected chi connectivity index (χ3v) is 2.95. The van der Waals surface area contributed by atoms with Crippen LogP contribution in [0.1, 0.15) is 12.5 Å². The number of aromatic nitrogens is 1. The molecule has 2 N–H and O–H groups in total. The molecule has 0 atom stereocenters. The van der Waals surface area contributed by atoms with Crippen molar-refractivity contribution in [2.24, 2.45) is 0 Å². The third-order valence-electron chi connectivity index (χ3n) is 2.74.